The Morgan fingerprint density at radius 1 is 1.07 bits per heavy atom. The van der Waals surface area contributed by atoms with Crippen LogP contribution in [-0.4, -0.2) is 51.5 Å². The highest BCUT2D eigenvalue weighted by Crippen LogP contribution is 2.40. The third-order valence-electron chi connectivity index (χ3n) is 7.03. The van der Waals surface area contributed by atoms with Gasteiger partial charge in [0.2, 0.25) is 5.91 Å². The fourth-order valence-electron chi connectivity index (χ4n) is 4.80. The van der Waals surface area contributed by atoms with E-state index in [1.54, 1.807) is 45.2 Å². The minimum atomic E-state index is -0.549. The molecule has 43 heavy (non-hydrogen) atoms. The van der Waals surface area contributed by atoms with Crippen LogP contribution < -0.4 is 15.4 Å². The van der Waals surface area contributed by atoms with Crippen LogP contribution in [0.15, 0.2) is 59.8 Å². The maximum absolute atomic E-state index is 13.4. The number of thioether (sulfide) groups is 1. The Bertz CT molecular complexity index is 1600. The van der Waals surface area contributed by atoms with Crippen LogP contribution in [0, 0.1) is 0 Å². The number of ether oxygens (including phenoxy) is 2. The highest BCUT2D eigenvalue weighted by Gasteiger charge is 2.30. The van der Waals surface area contributed by atoms with Gasteiger partial charge in [0.15, 0.2) is 11.0 Å². The molecule has 1 atom stereocenters. The van der Waals surface area contributed by atoms with Crippen LogP contribution in [0.3, 0.4) is 0 Å². The minimum absolute atomic E-state index is 0.148. The zero-order chi connectivity index (χ0) is 30.3. The van der Waals surface area contributed by atoms with Crippen molar-refractivity contribution in [2.45, 2.75) is 56.6 Å². The first kappa shape index (κ1) is 30.3. The van der Waals surface area contributed by atoms with Crippen LogP contribution in [0.2, 0.25) is 0 Å². The molecule has 5 rings (SSSR count). The summed E-state index contributed by atoms with van der Waals surface area (Å²) < 4.78 is 12.4. The lowest BCUT2D eigenvalue weighted by atomic mass is 10.1. The Balaban J connectivity index is 1.32. The maximum Gasteiger partial charge on any atom is 0.341 e. The topological polar surface area (TPSA) is 124 Å². The largest absolute Gasteiger partial charge is 0.497 e. The van der Waals surface area contributed by atoms with Crippen molar-refractivity contribution in [3.63, 3.8) is 0 Å². The van der Waals surface area contributed by atoms with Gasteiger partial charge >= 0.3 is 5.97 Å². The monoisotopic (exact) mass is 619 g/mol. The predicted octanol–water partition coefficient (Wildman–Crippen LogP) is 5.11. The van der Waals surface area contributed by atoms with Crippen molar-refractivity contribution in [3.05, 3.63) is 87.6 Å². The van der Waals surface area contributed by atoms with Crippen molar-refractivity contribution in [1.82, 2.24) is 20.1 Å². The SMILES string of the molecule is CCOC(=O)c1c(NC(=O)[C@@H](C)Sc2nnc(CNC(=O)c3ccc(OC)cc3)n2Cc2ccccc2)sc2c1CCC2. The first-order valence-corrected chi connectivity index (χ1v) is 15.7. The van der Waals surface area contributed by atoms with Gasteiger partial charge in [0.25, 0.3) is 5.91 Å². The van der Waals surface area contributed by atoms with Crippen molar-refractivity contribution in [2.24, 2.45) is 0 Å². The van der Waals surface area contributed by atoms with E-state index >= 15 is 0 Å². The molecule has 1 aliphatic rings. The molecule has 2 amide bonds. The lowest BCUT2D eigenvalue weighted by Gasteiger charge is -2.15. The van der Waals surface area contributed by atoms with Crippen molar-refractivity contribution < 1.29 is 23.9 Å². The minimum Gasteiger partial charge on any atom is -0.497 e. The molecule has 0 saturated heterocycles. The molecule has 0 aliphatic heterocycles. The molecule has 2 heterocycles. The number of hydrogen-bond donors (Lipinski definition) is 2. The summed E-state index contributed by atoms with van der Waals surface area (Å²) in [6, 6.07) is 16.7. The van der Waals surface area contributed by atoms with Gasteiger partial charge in [-0.15, -0.1) is 21.5 Å². The van der Waals surface area contributed by atoms with Gasteiger partial charge in [0.1, 0.15) is 10.8 Å². The second-order valence-corrected chi connectivity index (χ2v) is 12.3. The zero-order valence-corrected chi connectivity index (χ0v) is 25.8. The Labute approximate surface area is 258 Å². The fraction of sp³-hybridized carbons (Fsp3) is 0.323. The van der Waals surface area contributed by atoms with Crippen molar-refractivity contribution in [3.8, 4) is 5.75 Å². The van der Waals surface area contributed by atoms with Gasteiger partial charge in [-0.1, -0.05) is 42.1 Å². The summed E-state index contributed by atoms with van der Waals surface area (Å²) in [6.07, 6.45) is 2.70. The van der Waals surface area contributed by atoms with Gasteiger partial charge in [-0.05, 0) is 68.5 Å². The van der Waals surface area contributed by atoms with Crippen molar-refractivity contribution in [1.29, 1.82) is 0 Å². The predicted molar refractivity (Wildman–Crippen MR) is 166 cm³/mol. The van der Waals surface area contributed by atoms with E-state index < -0.39 is 11.2 Å². The van der Waals surface area contributed by atoms with E-state index in [1.165, 1.54) is 23.1 Å². The van der Waals surface area contributed by atoms with E-state index in [-0.39, 0.29) is 25.0 Å². The summed E-state index contributed by atoms with van der Waals surface area (Å²) in [6.45, 7) is 4.44. The number of aromatic nitrogens is 3. The average molecular weight is 620 g/mol. The second kappa shape index (κ2) is 13.9. The number of nitrogens with zero attached hydrogens (tertiary/aromatic N) is 3. The molecule has 2 aromatic heterocycles. The van der Waals surface area contributed by atoms with E-state index in [1.807, 2.05) is 34.9 Å². The lowest BCUT2D eigenvalue weighted by molar-refractivity contribution is -0.115. The normalized spacial score (nSPS) is 12.8. The molecule has 2 aromatic carbocycles. The van der Waals surface area contributed by atoms with Gasteiger partial charge < -0.3 is 24.7 Å². The number of carbonyl (C=O) groups is 3. The summed E-state index contributed by atoms with van der Waals surface area (Å²) >= 11 is 2.72. The van der Waals surface area contributed by atoms with E-state index in [4.69, 9.17) is 9.47 Å². The molecule has 1 aliphatic carbocycles. The number of methoxy groups -OCH3 is 1. The summed E-state index contributed by atoms with van der Waals surface area (Å²) in [5, 5.41) is 15.2. The standard InChI is InChI=1S/C31H33N5O5S2/c1-4-41-30(39)26-23-11-8-12-24(23)43-29(26)33-27(37)19(2)42-31-35-34-25(36(31)18-20-9-6-5-7-10-20)17-32-28(38)21-13-15-22(40-3)16-14-21/h5-7,9-10,13-16,19H,4,8,11-12,17-18H2,1-3H3,(H,32,38)(H,33,37)/t19-/m1/s1. The van der Waals surface area contributed by atoms with Gasteiger partial charge in [0, 0.05) is 10.4 Å². The zero-order valence-electron chi connectivity index (χ0n) is 24.2. The van der Waals surface area contributed by atoms with E-state index in [9.17, 15) is 14.4 Å². The van der Waals surface area contributed by atoms with Gasteiger partial charge in [-0.3, -0.25) is 9.59 Å². The number of benzene rings is 2. The smallest absolute Gasteiger partial charge is 0.341 e. The first-order chi connectivity index (χ1) is 20.9. The van der Waals surface area contributed by atoms with Gasteiger partial charge in [-0.2, -0.15) is 0 Å². The van der Waals surface area contributed by atoms with E-state index in [2.05, 4.69) is 20.8 Å². The van der Waals surface area contributed by atoms with Crippen LogP contribution in [0.25, 0.3) is 0 Å². The Hall–Kier alpha value is -4.16. The molecule has 12 heteroatoms. The Kier molecular flexibility index (Phi) is 9.78. The summed E-state index contributed by atoms with van der Waals surface area (Å²) in [5.41, 5.74) is 2.99. The molecule has 0 bridgehead atoms. The molecule has 0 unspecified atom stereocenters. The third-order valence-corrected chi connectivity index (χ3v) is 9.31. The molecular formula is C31H33N5O5S2. The number of aryl methyl sites for hydroxylation is 1. The molecular weight excluding hydrogens is 587 g/mol. The van der Waals surface area contributed by atoms with Crippen molar-refractivity contribution in [2.75, 3.05) is 19.0 Å². The number of amides is 2. The molecule has 0 spiro atoms. The molecule has 224 valence electrons. The van der Waals surface area contributed by atoms with Crippen LogP contribution in [-0.2, 0) is 35.5 Å². The maximum atomic E-state index is 13.4. The number of fused-ring (bicyclic) bond motifs is 1. The molecule has 4 aromatic rings. The summed E-state index contributed by atoms with van der Waals surface area (Å²) in [5.74, 6) is 0.319. The number of rotatable bonds is 12. The molecule has 0 saturated carbocycles. The van der Waals surface area contributed by atoms with E-state index in [0.717, 1.165) is 35.3 Å². The molecule has 0 fully saturated rings. The number of nitrogens with one attached hydrogen (secondary N) is 2. The van der Waals surface area contributed by atoms with E-state index in [0.29, 0.717) is 39.4 Å². The molecule has 2 N–H and O–H groups in total. The third kappa shape index (κ3) is 7.08. The van der Waals surface area contributed by atoms with Crippen LogP contribution in [0.4, 0.5) is 5.00 Å². The fourth-order valence-corrected chi connectivity index (χ4v) is 6.95. The highest BCUT2D eigenvalue weighted by atomic mass is 32.2. The van der Waals surface area contributed by atoms with Gasteiger partial charge in [-0.25, -0.2) is 4.79 Å². The average Bonchev–Trinajstić information content (AvgIpc) is 3.71. The summed E-state index contributed by atoms with van der Waals surface area (Å²) in [4.78, 5) is 40.0. The first-order valence-electron chi connectivity index (χ1n) is 14.0. The lowest BCUT2D eigenvalue weighted by Crippen LogP contribution is -2.25. The van der Waals surface area contributed by atoms with Crippen LogP contribution in [0.1, 0.15) is 62.8 Å². The van der Waals surface area contributed by atoms with Crippen molar-refractivity contribution >= 4 is 45.9 Å². The quantitative estimate of drug-likeness (QED) is 0.166. The number of esters is 1. The Morgan fingerprint density at radius 2 is 1.84 bits per heavy atom. The highest BCUT2D eigenvalue weighted by molar-refractivity contribution is 8.00. The Morgan fingerprint density at radius 3 is 2.56 bits per heavy atom. The number of carbonyl (C=O) groups excluding carboxylic acids is 3. The molecule has 10 nitrogen and oxygen atoms in total. The number of anilines is 1. The van der Waals surface area contributed by atoms with Gasteiger partial charge in [0.05, 0.1) is 37.6 Å². The van der Waals surface area contributed by atoms with Crippen LogP contribution in [0.5, 0.6) is 5.75 Å². The van der Waals surface area contributed by atoms with Crippen LogP contribution >= 0.6 is 23.1 Å². The molecule has 0 radical (unpaired) electrons. The summed E-state index contributed by atoms with van der Waals surface area (Å²) in [7, 11) is 1.57. The number of hydrogen-bond acceptors (Lipinski definition) is 9. The number of thiophene rings is 1. The second-order valence-electron chi connectivity index (χ2n) is 9.91.